The van der Waals surface area contributed by atoms with Gasteiger partial charge in [0.05, 0.1) is 15.9 Å². The third kappa shape index (κ3) is 3.14. The minimum absolute atomic E-state index is 0.0681. The number of thiazole rings is 1. The summed E-state index contributed by atoms with van der Waals surface area (Å²) < 4.78 is 29.2. The summed E-state index contributed by atoms with van der Waals surface area (Å²) in [7, 11) is -3.79. The molecule has 9 nitrogen and oxygen atoms in total. The number of nitriles is 1. The molecule has 152 valence electrons. The van der Waals surface area contributed by atoms with E-state index in [0.29, 0.717) is 27.9 Å². The quantitative estimate of drug-likeness (QED) is 0.431. The second kappa shape index (κ2) is 7.05. The molecular formula is C20H13N7O2S2. The molecule has 0 unspecified atom stereocenters. The van der Waals surface area contributed by atoms with E-state index < -0.39 is 10.0 Å². The highest BCUT2D eigenvalue weighted by atomic mass is 32.2. The first-order valence-corrected chi connectivity index (χ1v) is 11.3. The maximum Gasteiger partial charge on any atom is 0.263 e. The number of hydrogen-bond donors (Lipinski definition) is 2. The zero-order valence-electron chi connectivity index (χ0n) is 15.7. The van der Waals surface area contributed by atoms with Gasteiger partial charge in [-0.05, 0) is 36.4 Å². The summed E-state index contributed by atoms with van der Waals surface area (Å²) in [5, 5.41) is 11.6. The van der Waals surface area contributed by atoms with Crippen LogP contribution in [-0.4, -0.2) is 27.9 Å². The first-order valence-electron chi connectivity index (χ1n) is 8.97. The van der Waals surface area contributed by atoms with Crippen LogP contribution in [0.15, 0.2) is 65.0 Å². The molecule has 0 fully saturated rings. The Kier molecular flexibility index (Phi) is 4.32. The van der Waals surface area contributed by atoms with Gasteiger partial charge >= 0.3 is 0 Å². The summed E-state index contributed by atoms with van der Waals surface area (Å²) in [6, 6.07) is 15.5. The highest BCUT2D eigenvalue weighted by molar-refractivity contribution is 7.93. The van der Waals surface area contributed by atoms with Gasteiger partial charge in [0.15, 0.2) is 10.8 Å². The fourth-order valence-corrected chi connectivity index (χ4v) is 5.04. The largest absolute Gasteiger partial charge is 0.384 e. The molecule has 0 aliphatic carbocycles. The van der Waals surface area contributed by atoms with Crippen molar-refractivity contribution >= 4 is 54.5 Å². The Bertz CT molecular complexity index is 1580. The standard InChI is InChI=1S/C20H13N7O2S2/c21-11-14-17-19(25-16-4-2-1-3-15(16)24-17)27(18(14)22)12-5-7-13(8-6-12)31(28,29)26-20-23-9-10-30-20/h1-10H,22H2,(H,23,26). The fourth-order valence-electron chi connectivity index (χ4n) is 3.26. The van der Waals surface area contributed by atoms with Crippen molar-refractivity contribution in [2.75, 3.05) is 10.5 Å². The molecule has 3 heterocycles. The van der Waals surface area contributed by atoms with Gasteiger partial charge in [-0.25, -0.2) is 23.4 Å². The number of fused-ring (bicyclic) bond motifs is 2. The molecule has 0 spiro atoms. The molecule has 0 aliphatic heterocycles. The molecule has 0 bridgehead atoms. The number of benzene rings is 2. The van der Waals surface area contributed by atoms with Gasteiger partial charge in [0.1, 0.15) is 23.0 Å². The molecule has 3 N–H and O–H groups in total. The average molecular weight is 448 g/mol. The predicted octanol–water partition coefficient (Wildman–Crippen LogP) is 3.28. The van der Waals surface area contributed by atoms with Gasteiger partial charge in [0, 0.05) is 17.3 Å². The van der Waals surface area contributed by atoms with Crippen molar-refractivity contribution in [3.8, 4) is 11.8 Å². The molecule has 0 radical (unpaired) electrons. The Labute approximate surface area is 180 Å². The number of anilines is 2. The summed E-state index contributed by atoms with van der Waals surface area (Å²) in [5.41, 5.74) is 9.15. The minimum atomic E-state index is -3.79. The Balaban J connectivity index is 1.63. The van der Waals surface area contributed by atoms with Gasteiger partial charge in [-0.3, -0.25) is 9.29 Å². The van der Waals surface area contributed by atoms with Crippen LogP contribution in [0, 0.1) is 11.3 Å². The number of nitrogens with zero attached hydrogens (tertiary/aromatic N) is 5. The fraction of sp³-hybridized carbons (Fsp3) is 0. The van der Waals surface area contributed by atoms with E-state index in [1.165, 1.54) is 29.7 Å². The smallest absolute Gasteiger partial charge is 0.263 e. The molecule has 3 aromatic heterocycles. The molecule has 31 heavy (non-hydrogen) atoms. The number of rotatable bonds is 4. The molecule has 0 saturated heterocycles. The van der Waals surface area contributed by atoms with E-state index in [1.807, 2.05) is 24.3 Å². The SMILES string of the molecule is N#Cc1c(N)n(-c2ccc(S(=O)(=O)Nc3nccs3)cc2)c2nc3ccccc3nc12. The summed E-state index contributed by atoms with van der Waals surface area (Å²) >= 11 is 1.19. The molecule has 11 heteroatoms. The molecule has 5 aromatic rings. The Morgan fingerprint density at radius 3 is 2.42 bits per heavy atom. The zero-order valence-corrected chi connectivity index (χ0v) is 17.4. The third-order valence-electron chi connectivity index (χ3n) is 4.67. The molecule has 0 saturated carbocycles. The second-order valence-corrected chi connectivity index (χ2v) is 9.11. The Morgan fingerprint density at radius 1 is 1.06 bits per heavy atom. The third-order valence-corrected chi connectivity index (χ3v) is 6.84. The lowest BCUT2D eigenvalue weighted by molar-refractivity contribution is 0.601. The van der Waals surface area contributed by atoms with Crippen LogP contribution in [0.3, 0.4) is 0 Å². The van der Waals surface area contributed by atoms with Gasteiger partial charge in [0.2, 0.25) is 0 Å². The first kappa shape index (κ1) is 19.0. The van der Waals surface area contributed by atoms with Crippen molar-refractivity contribution in [1.29, 1.82) is 5.26 Å². The lowest BCUT2D eigenvalue weighted by atomic mass is 10.2. The van der Waals surface area contributed by atoms with Gasteiger partial charge in [-0.15, -0.1) is 11.3 Å². The highest BCUT2D eigenvalue weighted by Gasteiger charge is 2.21. The average Bonchev–Trinajstić information content (AvgIpc) is 3.36. The van der Waals surface area contributed by atoms with E-state index in [0.717, 1.165) is 0 Å². The number of nitrogens with one attached hydrogen (secondary N) is 1. The van der Waals surface area contributed by atoms with Crippen molar-refractivity contribution in [2.45, 2.75) is 4.90 Å². The van der Waals surface area contributed by atoms with E-state index in [2.05, 4.69) is 25.7 Å². The lowest BCUT2D eigenvalue weighted by Crippen LogP contribution is -2.12. The molecule has 0 aliphatic rings. The van der Waals surface area contributed by atoms with Crippen LogP contribution < -0.4 is 10.5 Å². The number of aromatic nitrogens is 4. The van der Waals surface area contributed by atoms with E-state index in [-0.39, 0.29) is 21.4 Å². The highest BCUT2D eigenvalue weighted by Crippen LogP contribution is 2.30. The zero-order chi connectivity index (χ0) is 21.6. The Hall–Kier alpha value is -4.01. The minimum Gasteiger partial charge on any atom is -0.384 e. The molecular weight excluding hydrogens is 434 g/mol. The van der Waals surface area contributed by atoms with Crippen molar-refractivity contribution < 1.29 is 8.42 Å². The van der Waals surface area contributed by atoms with Crippen LogP contribution in [0.4, 0.5) is 10.9 Å². The van der Waals surface area contributed by atoms with Crippen LogP contribution in [0.25, 0.3) is 27.9 Å². The molecule has 0 atom stereocenters. The van der Waals surface area contributed by atoms with Crippen LogP contribution in [0.5, 0.6) is 0 Å². The van der Waals surface area contributed by atoms with Crippen LogP contribution in [-0.2, 0) is 10.0 Å². The summed E-state index contributed by atoms with van der Waals surface area (Å²) in [4.78, 5) is 13.2. The lowest BCUT2D eigenvalue weighted by Gasteiger charge is -2.09. The van der Waals surface area contributed by atoms with Crippen molar-refractivity contribution in [3.05, 3.63) is 65.7 Å². The predicted molar refractivity (Wildman–Crippen MR) is 118 cm³/mol. The van der Waals surface area contributed by atoms with Crippen LogP contribution >= 0.6 is 11.3 Å². The van der Waals surface area contributed by atoms with Crippen molar-refractivity contribution in [1.82, 2.24) is 19.5 Å². The van der Waals surface area contributed by atoms with E-state index in [4.69, 9.17) is 5.73 Å². The van der Waals surface area contributed by atoms with Gasteiger partial charge in [0.25, 0.3) is 10.0 Å². The second-order valence-electron chi connectivity index (χ2n) is 6.53. The van der Waals surface area contributed by atoms with Crippen molar-refractivity contribution in [2.24, 2.45) is 0 Å². The summed E-state index contributed by atoms with van der Waals surface area (Å²) in [6.45, 7) is 0. The maximum absolute atomic E-state index is 12.6. The first-order chi connectivity index (χ1) is 15.0. The van der Waals surface area contributed by atoms with Gasteiger partial charge in [-0.1, -0.05) is 12.1 Å². The number of hydrogen-bond acceptors (Lipinski definition) is 8. The molecule has 0 amide bonds. The molecule has 2 aromatic carbocycles. The number of para-hydroxylation sites is 2. The summed E-state index contributed by atoms with van der Waals surface area (Å²) in [6.07, 6.45) is 1.52. The van der Waals surface area contributed by atoms with E-state index >= 15 is 0 Å². The van der Waals surface area contributed by atoms with E-state index in [9.17, 15) is 13.7 Å². The van der Waals surface area contributed by atoms with Gasteiger partial charge in [-0.2, -0.15) is 5.26 Å². The number of nitrogen functional groups attached to an aromatic ring is 1. The number of nitrogens with two attached hydrogens (primary N) is 1. The molecule has 5 rings (SSSR count). The van der Waals surface area contributed by atoms with Gasteiger partial charge < -0.3 is 5.73 Å². The van der Waals surface area contributed by atoms with E-state index in [1.54, 1.807) is 22.1 Å². The topological polar surface area (TPSA) is 140 Å². The Morgan fingerprint density at radius 2 is 1.77 bits per heavy atom. The van der Waals surface area contributed by atoms with Crippen LogP contribution in [0.1, 0.15) is 5.56 Å². The summed E-state index contributed by atoms with van der Waals surface area (Å²) in [5.74, 6) is 0.185. The maximum atomic E-state index is 12.6. The normalized spacial score (nSPS) is 11.6. The van der Waals surface area contributed by atoms with Crippen molar-refractivity contribution in [3.63, 3.8) is 0 Å². The monoisotopic (exact) mass is 447 g/mol. The number of sulfonamides is 1. The van der Waals surface area contributed by atoms with Crippen LogP contribution in [0.2, 0.25) is 0 Å².